The molecule has 1 N–H and O–H groups in total. The van der Waals surface area contributed by atoms with Crippen LogP contribution in [-0.2, 0) is 6.18 Å². The Kier molecular flexibility index (Phi) is 6.53. The summed E-state index contributed by atoms with van der Waals surface area (Å²) in [4.78, 5) is 2.09. The monoisotopic (exact) mass is 340 g/mol. The number of alkyl halides is 3. The van der Waals surface area contributed by atoms with Gasteiger partial charge in [0.05, 0.1) is 11.6 Å². The Morgan fingerprint density at radius 3 is 2.38 bits per heavy atom. The first-order chi connectivity index (χ1) is 9.41. The molecular formula is C14H17Cl2F3N2. The van der Waals surface area contributed by atoms with Crippen LogP contribution >= 0.6 is 24.0 Å². The Balaban J connectivity index is 0.00000220. The minimum Gasteiger partial charge on any atom is -0.314 e. The summed E-state index contributed by atoms with van der Waals surface area (Å²) in [6, 6.07) is 3.42. The van der Waals surface area contributed by atoms with Crippen LogP contribution in [0.1, 0.15) is 17.2 Å². The topological polar surface area (TPSA) is 15.3 Å². The van der Waals surface area contributed by atoms with E-state index in [1.165, 1.54) is 0 Å². The molecule has 2 rings (SSSR count). The van der Waals surface area contributed by atoms with Crippen LogP contribution in [0.15, 0.2) is 30.9 Å². The molecule has 1 aliphatic heterocycles. The number of piperazine rings is 1. The lowest BCUT2D eigenvalue weighted by Gasteiger charge is -2.33. The molecule has 0 bridgehead atoms. The van der Waals surface area contributed by atoms with Gasteiger partial charge in [-0.3, -0.25) is 4.90 Å². The molecule has 0 unspecified atom stereocenters. The summed E-state index contributed by atoms with van der Waals surface area (Å²) in [6.45, 7) is 6.92. The van der Waals surface area contributed by atoms with E-state index in [2.05, 4.69) is 16.8 Å². The van der Waals surface area contributed by atoms with Gasteiger partial charge < -0.3 is 5.32 Å². The third-order valence-corrected chi connectivity index (χ3v) is 3.58. The van der Waals surface area contributed by atoms with Gasteiger partial charge in [-0.25, -0.2) is 0 Å². The Labute approximate surface area is 133 Å². The first kappa shape index (κ1) is 18.3. The average molecular weight is 341 g/mol. The zero-order chi connectivity index (χ0) is 14.8. The van der Waals surface area contributed by atoms with Crippen molar-refractivity contribution >= 4 is 24.0 Å². The lowest BCUT2D eigenvalue weighted by molar-refractivity contribution is -0.137. The summed E-state index contributed by atoms with van der Waals surface area (Å²) in [7, 11) is 0. The Morgan fingerprint density at radius 2 is 1.86 bits per heavy atom. The van der Waals surface area contributed by atoms with Crippen LogP contribution in [0, 0.1) is 0 Å². The van der Waals surface area contributed by atoms with E-state index in [1.807, 2.05) is 0 Å². The molecule has 0 saturated carbocycles. The molecule has 0 aliphatic carbocycles. The second-order valence-corrected chi connectivity index (χ2v) is 5.17. The average Bonchev–Trinajstić information content (AvgIpc) is 2.39. The van der Waals surface area contributed by atoms with Crippen molar-refractivity contribution in [3.05, 3.63) is 47.0 Å². The van der Waals surface area contributed by atoms with Crippen molar-refractivity contribution in [2.24, 2.45) is 0 Å². The predicted molar refractivity (Wildman–Crippen MR) is 81.1 cm³/mol. The van der Waals surface area contributed by atoms with Gasteiger partial charge in [0.25, 0.3) is 0 Å². The first-order valence-corrected chi connectivity index (χ1v) is 6.74. The molecule has 1 aliphatic rings. The Bertz CT molecular complexity index is 486. The smallest absolute Gasteiger partial charge is 0.314 e. The van der Waals surface area contributed by atoms with Gasteiger partial charge in [0.15, 0.2) is 0 Å². The van der Waals surface area contributed by atoms with Crippen LogP contribution in [0.3, 0.4) is 0 Å². The summed E-state index contributed by atoms with van der Waals surface area (Å²) in [5.74, 6) is 0. The van der Waals surface area contributed by atoms with Crippen molar-refractivity contribution < 1.29 is 13.2 Å². The molecule has 1 saturated heterocycles. The molecule has 0 radical (unpaired) electrons. The van der Waals surface area contributed by atoms with Crippen LogP contribution in [-0.4, -0.2) is 31.1 Å². The fraction of sp³-hybridized carbons (Fsp3) is 0.429. The molecule has 118 valence electrons. The highest BCUT2D eigenvalue weighted by atomic mass is 35.5. The molecule has 1 heterocycles. The number of hydrogen-bond acceptors (Lipinski definition) is 2. The highest BCUT2D eigenvalue weighted by Gasteiger charge is 2.32. The highest BCUT2D eigenvalue weighted by Crippen LogP contribution is 2.34. The zero-order valence-corrected chi connectivity index (χ0v) is 12.9. The number of nitrogens with one attached hydrogen (secondary N) is 1. The molecule has 2 nitrogen and oxygen atoms in total. The summed E-state index contributed by atoms with van der Waals surface area (Å²) >= 11 is 5.83. The Hall–Kier alpha value is -0.750. The van der Waals surface area contributed by atoms with E-state index in [-0.39, 0.29) is 23.5 Å². The number of rotatable bonds is 3. The molecule has 21 heavy (non-hydrogen) atoms. The van der Waals surface area contributed by atoms with Gasteiger partial charge in [0.2, 0.25) is 0 Å². The van der Waals surface area contributed by atoms with Gasteiger partial charge >= 0.3 is 6.18 Å². The summed E-state index contributed by atoms with van der Waals surface area (Å²) in [5.41, 5.74) is -0.191. The van der Waals surface area contributed by atoms with Gasteiger partial charge in [0.1, 0.15) is 0 Å². The molecule has 7 heteroatoms. The molecule has 1 aromatic carbocycles. The summed E-state index contributed by atoms with van der Waals surface area (Å²) in [5, 5.41) is 3.30. The van der Waals surface area contributed by atoms with E-state index in [9.17, 15) is 13.2 Å². The van der Waals surface area contributed by atoms with Gasteiger partial charge in [0, 0.05) is 31.2 Å². The third kappa shape index (κ3) is 4.61. The van der Waals surface area contributed by atoms with Crippen molar-refractivity contribution in [3.8, 4) is 0 Å². The molecule has 1 fully saturated rings. The third-order valence-electron chi connectivity index (χ3n) is 3.36. The number of hydrogen-bond donors (Lipinski definition) is 1. The molecule has 0 amide bonds. The largest absolute Gasteiger partial charge is 0.416 e. The van der Waals surface area contributed by atoms with Crippen LogP contribution in [0.5, 0.6) is 0 Å². The maximum atomic E-state index is 12.8. The number of benzene rings is 1. The normalized spacial score (nSPS) is 17.9. The standard InChI is InChI=1S/C14H16ClF3N2.ClH/c1-2-13(20-5-3-19-4-6-20)10-7-11(14(16,17)18)9-12(15)8-10;/h2,7-9,13,19H,1,3-6H2;1H/t13-;/m0./s1. The maximum absolute atomic E-state index is 12.8. The SMILES string of the molecule is C=C[C@@H](c1cc(Cl)cc(C(F)(F)F)c1)N1CCNCC1.Cl. The summed E-state index contributed by atoms with van der Waals surface area (Å²) in [6.07, 6.45) is -2.73. The minimum atomic E-state index is -4.39. The van der Waals surface area contributed by atoms with Crippen molar-refractivity contribution in [1.82, 2.24) is 10.2 Å². The fourth-order valence-electron chi connectivity index (χ4n) is 2.40. The summed E-state index contributed by atoms with van der Waals surface area (Å²) < 4.78 is 38.5. The zero-order valence-electron chi connectivity index (χ0n) is 11.3. The lowest BCUT2D eigenvalue weighted by Crippen LogP contribution is -2.44. The molecule has 1 atom stereocenters. The van der Waals surface area contributed by atoms with Crippen molar-refractivity contribution in [3.63, 3.8) is 0 Å². The second kappa shape index (κ2) is 7.49. The van der Waals surface area contributed by atoms with E-state index in [0.717, 1.165) is 38.3 Å². The van der Waals surface area contributed by atoms with Crippen LogP contribution in [0.4, 0.5) is 13.2 Å². The van der Waals surface area contributed by atoms with E-state index in [1.54, 1.807) is 12.1 Å². The number of nitrogens with zero attached hydrogens (tertiary/aromatic N) is 1. The van der Waals surface area contributed by atoms with Gasteiger partial charge in [-0.15, -0.1) is 19.0 Å². The fourth-order valence-corrected chi connectivity index (χ4v) is 2.65. The Morgan fingerprint density at radius 1 is 1.24 bits per heavy atom. The lowest BCUT2D eigenvalue weighted by atomic mass is 10.0. The van der Waals surface area contributed by atoms with Gasteiger partial charge in [-0.05, 0) is 23.8 Å². The maximum Gasteiger partial charge on any atom is 0.416 e. The first-order valence-electron chi connectivity index (χ1n) is 6.37. The molecule has 1 aromatic rings. The minimum absolute atomic E-state index is 0. The van der Waals surface area contributed by atoms with Crippen LogP contribution < -0.4 is 5.32 Å². The number of halogens is 5. The van der Waals surface area contributed by atoms with E-state index < -0.39 is 11.7 Å². The van der Waals surface area contributed by atoms with Crippen molar-refractivity contribution in [2.75, 3.05) is 26.2 Å². The van der Waals surface area contributed by atoms with Crippen LogP contribution in [0.2, 0.25) is 5.02 Å². The van der Waals surface area contributed by atoms with E-state index in [0.29, 0.717) is 5.56 Å². The highest BCUT2D eigenvalue weighted by molar-refractivity contribution is 6.30. The molecule has 0 aromatic heterocycles. The molecule has 0 spiro atoms. The van der Waals surface area contributed by atoms with E-state index >= 15 is 0 Å². The van der Waals surface area contributed by atoms with Gasteiger partial charge in [-0.2, -0.15) is 13.2 Å². The quantitative estimate of drug-likeness (QED) is 0.839. The van der Waals surface area contributed by atoms with Crippen molar-refractivity contribution in [1.29, 1.82) is 0 Å². The molecular weight excluding hydrogens is 324 g/mol. The van der Waals surface area contributed by atoms with Crippen molar-refractivity contribution in [2.45, 2.75) is 12.2 Å². The van der Waals surface area contributed by atoms with Gasteiger partial charge in [-0.1, -0.05) is 17.7 Å². The van der Waals surface area contributed by atoms with E-state index in [4.69, 9.17) is 11.6 Å². The second-order valence-electron chi connectivity index (χ2n) is 4.74. The predicted octanol–water partition coefficient (Wildman–Crippen LogP) is 3.91. The van der Waals surface area contributed by atoms with Crippen LogP contribution in [0.25, 0.3) is 0 Å².